The number of rotatable bonds is 2. The molecule has 0 spiro atoms. The molecule has 0 radical (unpaired) electrons. The molecule has 2 aromatic carbocycles. The molecular weight excluding hydrogens is 350 g/mol. The van der Waals surface area contributed by atoms with Crippen molar-refractivity contribution in [3.8, 4) is 11.1 Å². The van der Waals surface area contributed by atoms with Gasteiger partial charge in [0, 0.05) is 36.4 Å². The lowest BCUT2D eigenvalue weighted by molar-refractivity contribution is -0.115. The van der Waals surface area contributed by atoms with Crippen molar-refractivity contribution in [1.82, 2.24) is 9.80 Å². The first-order valence-electron chi connectivity index (χ1n) is 10.1. The maximum absolute atomic E-state index is 13.0. The minimum atomic E-state index is 0.0462. The van der Waals surface area contributed by atoms with Crippen LogP contribution in [-0.4, -0.2) is 53.8 Å². The second-order valence-corrected chi connectivity index (χ2v) is 8.26. The Hall–Kier alpha value is -2.66. The number of fused-ring (bicyclic) bond motifs is 3. The summed E-state index contributed by atoms with van der Waals surface area (Å²) in [7, 11) is 2.20. The summed E-state index contributed by atoms with van der Waals surface area (Å²) in [5.41, 5.74) is 4.79. The molecule has 3 heterocycles. The highest BCUT2D eigenvalue weighted by Gasteiger charge is 2.36. The maximum atomic E-state index is 13.0. The molecular formula is C23H25N3O2. The van der Waals surface area contributed by atoms with Gasteiger partial charge in [0.1, 0.15) is 0 Å². The SMILES string of the molecule is CN1[C@H]2CC[C@@H]1CN(C(=O)c1ccc(-c3ccc4c(c3)NC(=O)C4)cc1)CC2. The average molecular weight is 375 g/mol. The molecule has 2 fully saturated rings. The summed E-state index contributed by atoms with van der Waals surface area (Å²) >= 11 is 0. The molecule has 0 aromatic heterocycles. The lowest BCUT2D eigenvalue weighted by atomic mass is 10.0. The van der Waals surface area contributed by atoms with Crippen LogP contribution < -0.4 is 5.32 Å². The maximum Gasteiger partial charge on any atom is 0.253 e. The number of carbonyl (C=O) groups is 2. The molecule has 2 saturated heterocycles. The van der Waals surface area contributed by atoms with Gasteiger partial charge in [-0.1, -0.05) is 24.3 Å². The van der Waals surface area contributed by atoms with Crippen LogP contribution in [0, 0.1) is 0 Å². The molecule has 0 aliphatic carbocycles. The molecule has 3 aliphatic rings. The zero-order chi connectivity index (χ0) is 19.3. The Balaban J connectivity index is 1.33. The van der Waals surface area contributed by atoms with Crippen molar-refractivity contribution in [2.45, 2.75) is 37.8 Å². The van der Waals surface area contributed by atoms with E-state index in [2.05, 4.69) is 17.3 Å². The molecule has 5 nitrogen and oxygen atoms in total. The molecule has 144 valence electrons. The summed E-state index contributed by atoms with van der Waals surface area (Å²) in [6.45, 7) is 1.68. The molecule has 5 rings (SSSR count). The van der Waals surface area contributed by atoms with Crippen LogP contribution >= 0.6 is 0 Å². The van der Waals surface area contributed by atoms with Gasteiger partial charge >= 0.3 is 0 Å². The fourth-order valence-corrected chi connectivity index (χ4v) is 4.87. The van der Waals surface area contributed by atoms with E-state index in [1.165, 1.54) is 12.8 Å². The van der Waals surface area contributed by atoms with Gasteiger partial charge in [-0.15, -0.1) is 0 Å². The number of hydrogen-bond acceptors (Lipinski definition) is 3. The van der Waals surface area contributed by atoms with Crippen molar-refractivity contribution in [2.24, 2.45) is 0 Å². The fourth-order valence-electron chi connectivity index (χ4n) is 4.87. The first-order valence-corrected chi connectivity index (χ1v) is 10.1. The van der Waals surface area contributed by atoms with Crippen molar-refractivity contribution in [3.05, 3.63) is 53.6 Å². The largest absolute Gasteiger partial charge is 0.337 e. The van der Waals surface area contributed by atoms with Crippen LogP contribution in [0.5, 0.6) is 0 Å². The van der Waals surface area contributed by atoms with Gasteiger partial charge in [-0.25, -0.2) is 0 Å². The van der Waals surface area contributed by atoms with Crippen LogP contribution in [0.15, 0.2) is 42.5 Å². The Morgan fingerprint density at radius 1 is 1.00 bits per heavy atom. The van der Waals surface area contributed by atoms with Gasteiger partial charge in [0.05, 0.1) is 6.42 Å². The smallest absolute Gasteiger partial charge is 0.253 e. The summed E-state index contributed by atoms with van der Waals surface area (Å²) in [6, 6.07) is 15.0. The second-order valence-electron chi connectivity index (χ2n) is 8.26. The number of nitrogens with one attached hydrogen (secondary N) is 1. The van der Waals surface area contributed by atoms with Gasteiger partial charge in [0.15, 0.2) is 0 Å². The van der Waals surface area contributed by atoms with E-state index in [1.54, 1.807) is 0 Å². The predicted octanol–water partition coefficient (Wildman–Crippen LogP) is 3.16. The number of amides is 2. The molecule has 3 aliphatic heterocycles. The Bertz CT molecular complexity index is 937. The van der Waals surface area contributed by atoms with Crippen molar-refractivity contribution >= 4 is 17.5 Å². The van der Waals surface area contributed by atoms with Crippen LogP contribution in [-0.2, 0) is 11.2 Å². The Kier molecular flexibility index (Phi) is 4.20. The van der Waals surface area contributed by atoms with E-state index < -0.39 is 0 Å². The number of likely N-dealkylation sites (tertiary alicyclic amines) is 1. The van der Waals surface area contributed by atoms with Gasteiger partial charge in [-0.3, -0.25) is 14.5 Å². The number of carbonyl (C=O) groups excluding carboxylic acids is 2. The lowest BCUT2D eigenvalue weighted by Gasteiger charge is -2.26. The molecule has 0 saturated carbocycles. The van der Waals surface area contributed by atoms with Gasteiger partial charge in [-0.05, 0) is 61.2 Å². The van der Waals surface area contributed by atoms with Gasteiger partial charge in [-0.2, -0.15) is 0 Å². The quantitative estimate of drug-likeness (QED) is 0.877. The van der Waals surface area contributed by atoms with E-state index in [-0.39, 0.29) is 11.8 Å². The first kappa shape index (κ1) is 17.4. The van der Waals surface area contributed by atoms with Crippen LogP contribution in [0.1, 0.15) is 35.2 Å². The summed E-state index contributed by atoms with van der Waals surface area (Å²) < 4.78 is 0. The summed E-state index contributed by atoms with van der Waals surface area (Å²) in [5, 5.41) is 2.90. The minimum absolute atomic E-state index is 0.0462. The third-order valence-corrected chi connectivity index (χ3v) is 6.64. The van der Waals surface area contributed by atoms with Crippen LogP contribution in [0.25, 0.3) is 11.1 Å². The number of likely N-dealkylation sites (N-methyl/N-ethyl adjacent to an activating group) is 1. The van der Waals surface area contributed by atoms with E-state index >= 15 is 0 Å². The Morgan fingerprint density at radius 2 is 1.75 bits per heavy atom. The topological polar surface area (TPSA) is 52.6 Å². The monoisotopic (exact) mass is 375 g/mol. The van der Waals surface area contributed by atoms with E-state index in [4.69, 9.17) is 0 Å². The van der Waals surface area contributed by atoms with Gasteiger partial charge in [0.25, 0.3) is 5.91 Å². The molecule has 2 aromatic rings. The molecule has 28 heavy (non-hydrogen) atoms. The van der Waals surface area contributed by atoms with Crippen molar-refractivity contribution in [1.29, 1.82) is 0 Å². The normalized spacial score (nSPS) is 24.0. The van der Waals surface area contributed by atoms with E-state index in [0.29, 0.717) is 18.5 Å². The number of nitrogens with zero attached hydrogens (tertiary/aromatic N) is 2. The molecule has 5 heteroatoms. The summed E-state index contributed by atoms with van der Waals surface area (Å²) in [4.78, 5) is 29.1. The first-order chi connectivity index (χ1) is 13.6. The van der Waals surface area contributed by atoms with Crippen molar-refractivity contribution in [2.75, 3.05) is 25.5 Å². The zero-order valence-corrected chi connectivity index (χ0v) is 16.1. The van der Waals surface area contributed by atoms with E-state index in [1.807, 2.05) is 47.4 Å². The molecule has 2 bridgehead atoms. The summed E-state index contributed by atoms with van der Waals surface area (Å²) in [5.74, 6) is 0.179. The van der Waals surface area contributed by atoms with Gasteiger partial charge in [0.2, 0.25) is 5.91 Å². The average Bonchev–Trinajstić information content (AvgIpc) is 3.18. The molecule has 2 atom stereocenters. The second kappa shape index (κ2) is 6.74. The standard InChI is InChI=1S/C23H25N3O2/c1-25-19-8-9-20(25)14-26(11-10-19)23(28)16-4-2-15(3-5-16)17-6-7-18-13-22(27)24-21(18)12-17/h2-7,12,19-20H,8-11,13-14H2,1H3,(H,24,27)/t19-,20+/m0/s1. The van der Waals surface area contributed by atoms with E-state index in [9.17, 15) is 9.59 Å². The highest BCUT2D eigenvalue weighted by atomic mass is 16.2. The molecule has 1 N–H and O–H groups in total. The van der Waals surface area contributed by atoms with Crippen LogP contribution in [0.3, 0.4) is 0 Å². The van der Waals surface area contributed by atoms with E-state index in [0.717, 1.165) is 47.5 Å². The predicted molar refractivity (Wildman–Crippen MR) is 109 cm³/mol. The molecule has 0 unspecified atom stereocenters. The number of benzene rings is 2. The highest BCUT2D eigenvalue weighted by molar-refractivity contribution is 6.00. The minimum Gasteiger partial charge on any atom is -0.337 e. The van der Waals surface area contributed by atoms with Crippen LogP contribution in [0.2, 0.25) is 0 Å². The van der Waals surface area contributed by atoms with Gasteiger partial charge < -0.3 is 10.2 Å². The Morgan fingerprint density at radius 3 is 2.57 bits per heavy atom. The summed E-state index contributed by atoms with van der Waals surface area (Å²) in [6.07, 6.45) is 3.98. The Labute approximate surface area is 165 Å². The fraction of sp³-hybridized carbons (Fsp3) is 0.391. The highest BCUT2D eigenvalue weighted by Crippen LogP contribution is 2.31. The molecule has 2 amide bonds. The van der Waals surface area contributed by atoms with Crippen molar-refractivity contribution < 1.29 is 9.59 Å². The van der Waals surface area contributed by atoms with Crippen molar-refractivity contribution in [3.63, 3.8) is 0 Å². The number of hydrogen-bond donors (Lipinski definition) is 1. The van der Waals surface area contributed by atoms with Crippen LogP contribution in [0.4, 0.5) is 5.69 Å². The third kappa shape index (κ3) is 3.00. The number of anilines is 1. The zero-order valence-electron chi connectivity index (χ0n) is 16.1. The third-order valence-electron chi connectivity index (χ3n) is 6.64. The lowest BCUT2D eigenvalue weighted by Crippen LogP contribution is -2.39.